The maximum absolute atomic E-state index is 12.7. The lowest BCUT2D eigenvalue weighted by atomic mass is 10.1. The average Bonchev–Trinajstić information content (AvgIpc) is 2.68. The Kier molecular flexibility index (Phi) is 5.89. The molecule has 3 rings (SSSR count). The third-order valence-electron chi connectivity index (χ3n) is 4.44. The van der Waals surface area contributed by atoms with Crippen molar-refractivity contribution in [2.45, 2.75) is 11.8 Å². The molecule has 0 atom stereocenters. The molecule has 0 spiro atoms. The zero-order chi connectivity index (χ0) is 21.9. The maximum Gasteiger partial charge on any atom is 0.280 e. The smallest absolute Gasteiger partial charge is 0.280 e. The summed E-state index contributed by atoms with van der Waals surface area (Å²) in [5, 5.41) is 0. The number of guanidine groups is 1. The van der Waals surface area contributed by atoms with Crippen LogP contribution in [0.1, 0.15) is 15.9 Å². The van der Waals surface area contributed by atoms with Gasteiger partial charge in [-0.1, -0.05) is 36.4 Å². The fourth-order valence-electron chi connectivity index (χ4n) is 3.13. The van der Waals surface area contributed by atoms with Gasteiger partial charge in [-0.2, -0.15) is 4.99 Å². The second kappa shape index (κ2) is 8.38. The van der Waals surface area contributed by atoms with Gasteiger partial charge in [0.25, 0.3) is 5.91 Å². The lowest BCUT2D eigenvalue weighted by Crippen LogP contribution is -2.24. The summed E-state index contributed by atoms with van der Waals surface area (Å²) in [7, 11) is -3.70. The molecule has 0 saturated carbocycles. The Hall–Kier alpha value is -3.65. The van der Waals surface area contributed by atoms with E-state index in [0.717, 1.165) is 17.6 Å². The van der Waals surface area contributed by atoms with E-state index in [-0.39, 0.29) is 16.4 Å². The topological polar surface area (TPSA) is 119 Å². The van der Waals surface area contributed by atoms with E-state index in [4.69, 9.17) is 11.5 Å². The third kappa shape index (κ3) is 4.49. The molecule has 3 aromatic rings. The molecule has 4 N–H and O–H groups in total. The number of carbonyl (C=O) groups excluding carboxylic acids is 1. The number of nitrogens with two attached hydrogens (primary N) is 2. The average molecular weight is 423 g/mol. The highest BCUT2D eigenvalue weighted by atomic mass is 32.2. The minimum atomic E-state index is -3.70. The molecule has 0 aliphatic rings. The fourth-order valence-corrected chi connectivity index (χ4v) is 4.00. The van der Waals surface area contributed by atoms with Gasteiger partial charge in [0, 0.05) is 23.2 Å². The summed E-state index contributed by atoms with van der Waals surface area (Å²) < 4.78 is 25.4. The second-order valence-electron chi connectivity index (χ2n) is 6.76. The molecule has 0 aliphatic heterocycles. The van der Waals surface area contributed by atoms with Crippen LogP contribution in [0.5, 0.6) is 0 Å². The number of carbonyl (C=O) groups is 1. The van der Waals surface area contributed by atoms with Gasteiger partial charge in [-0.25, -0.2) is 8.42 Å². The number of aliphatic imine (C=N–C) groups is 1. The second-order valence-corrected chi connectivity index (χ2v) is 8.74. The molecule has 0 radical (unpaired) electrons. The van der Waals surface area contributed by atoms with Gasteiger partial charge >= 0.3 is 0 Å². The van der Waals surface area contributed by atoms with E-state index in [1.165, 1.54) is 6.07 Å². The monoisotopic (exact) mass is 422 g/mol. The molecular formula is C22H22N4O3S. The summed E-state index contributed by atoms with van der Waals surface area (Å²) >= 11 is 0. The highest BCUT2D eigenvalue weighted by Crippen LogP contribution is 2.39. The van der Waals surface area contributed by atoms with Crippen molar-refractivity contribution >= 4 is 38.8 Å². The summed E-state index contributed by atoms with van der Waals surface area (Å²) in [5.41, 5.74) is 13.3. The highest BCUT2D eigenvalue weighted by molar-refractivity contribution is 7.90. The number of benzene rings is 3. The number of rotatable bonds is 5. The standard InChI is InChI=1S/C22H22N4O3S/c1-15-13-19(20(30(2,28)29)14-18(15)21(27)25-22(23)24)26(16-9-5-3-6-10-16)17-11-7-4-8-12-17/h3-14H,1-2H3,(H4,23,24,25,27). The molecule has 0 aromatic heterocycles. The van der Waals surface area contributed by atoms with Crippen molar-refractivity contribution in [2.75, 3.05) is 11.2 Å². The highest BCUT2D eigenvalue weighted by Gasteiger charge is 2.24. The van der Waals surface area contributed by atoms with Crippen LogP contribution in [0.3, 0.4) is 0 Å². The molecule has 0 unspecified atom stereocenters. The van der Waals surface area contributed by atoms with E-state index in [1.54, 1.807) is 13.0 Å². The molecule has 0 bridgehead atoms. The van der Waals surface area contributed by atoms with Crippen LogP contribution in [0.25, 0.3) is 0 Å². The zero-order valence-corrected chi connectivity index (χ0v) is 17.4. The molecule has 0 fully saturated rings. The molecule has 3 aromatic carbocycles. The summed E-state index contributed by atoms with van der Waals surface area (Å²) in [5.74, 6) is -1.09. The predicted molar refractivity (Wildman–Crippen MR) is 119 cm³/mol. The Morgan fingerprint density at radius 3 is 1.83 bits per heavy atom. The number of aryl methyl sites for hydroxylation is 1. The van der Waals surface area contributed by atoms with Crippen LogP contribution in [-0.2, 0) is 9.84 Å². The molecule has 1 amide bonds. The van der Waals surface area contributed by atoms with Crippen molar-refractivity contribution in [3.63, 3.8) is 0 Å². The van der Waals surface area contributed by atoms with Gasteiger partial charge in [0.2, 0.25) is 0 Å². The molecule has 30 heavy (non-hydrogen) atoms. The van der Waals surface area contributed by atoms with Crippen molar-refractivity contribution in [1.29, 1.82) is 0 Å². The fraction of sp³-hybridized carbons (Fsp3) is 0.0909. The van der Waals surface area contributed by atoms with Crippen molar-refractivity contribution in [2.24, 2.45) is 16.5 Å². The summed E-state index contributed by atoms with van der Waals surface area (Å²) in [4.78, 5) is 17.8. The number of hydrogen-bond acceptors (Lipinski definition) is 4. The minimum absolute atomic E-state index is 0.00468. The molecule has 0 aliphatic carbocycles. The van der Waals surface area contributed by atoms with Gasteiger partial charge in [-0.3, -0.25) is 4.79 Å². The number of hydrogen-bond donors (Lipinski definition) is 2. The minimum Gasteiger partial charge on any atom is -0.370 e. The normalized spacial score (nSPS) is 11.0. The molecule has 8 heteroatoms. The predicted octanol–water partition coefficient (Wildman–Crippen LogP) is 3.28. The Morgan fingerprint density at radius 1 is 0.900 bits per heavy atom. The van der Waals surface area contributed by atoms with Gasteiger partial charge in [-0.05, 0) is 48.9 Å². The Labute approximate surface area is 175 Å². The van der Waals surface area contributed by atoms with Crippen molar-refractivity contribution in [1.82, 2.24) is 0 Å². The number of amides is 1. The van der Waals surface area contributed by atoms with Gasteiger partial charge in [0.1, 0.15) is 0 Å². The zero-order valence-electron chi connectivity index (χ0n) is 16.6. The summed E-state index contributed by atoms with van der Waals surface area (Å²) in [6.45, 7) is 1.71. The molecular weight excluding hydrogens is 400 g/mol. The lowest BCUT2D eigenvalue weighted by molar-refractivity contribution is 0.100. The van der Waals surface area contributed by atoms with Crippen LogP contribution < -0.4 is 16.4 Å². The van der Waals surface area contributed by atoms with E-state index in [9.17, 15) is 13.2 Å². The first-order chi connectivity index (χ1) is 14.2. The lowest BCUT2D eigenvalue weighted by Gasteiger charge is -2.28. The van der Waals surface area contributed by atoms with E-state index in [2.05, 4.69) is 4.99 Å². The Morgan fingerprint density at radius 2 is 1.40 bits per heavy atom. The van der Waals surface area contributed by atoms with Crippen molar-refractivity contribution in [3.05, 3.63) is 83.9 Å². The first kappa shape index (κ1) is 21.1. The molecule has 0 saturated heterocycles. The number of nitrogens with zero attached hydrogens (tertiary/aromatic N) is 2. The number of para-hydroxylation sites is 2. The van der Waals surface area contributed by atoms with E-state index >= 15 is 0 Å². The van der Waals surface area contributed by atoms with Crippen LogP contribution in [0.4, 0.5) is 17.1 Å². The Bertz CT molecular complexity index is 1160. The van der Waals surface area contributed by atoms with Crippen LogP contribution in [0, 0.1) is 6.92 Å². The van der Waals surface area contributed by atoms with Crippen LogP contribution >= 0.6 is 0 Å². The maximum atomic E-state index is 12.7. The van der Waals surface area contributed by atoms with Crippen LogP contribution in [0.15, 0.2) is 82.7 Å². The number of anilines is 3. The molecule has 154 valence electrons. The van der Waals surface area contributed by atoms with Gasteiger partial charge in [0.15, 0.2) is 15.8 Å². The molecule has 0 heterocycles. The van der Waals surface area contributed by atoms with Crippen LogP contribution in [0.2, 0.25) is 0 Å². The van der Waals surface area contributed by atoms with E-state index in [0.29, 0.717) is 11.3 Å². The van der Waals surface area contributed by atoms with Crippen LogP contribution in [-0.4, -0.2) is 26.5 Å². The third-order valence-corrected chi connectivity index (χ3v) is 5.56. The van der Waals surface area contributed by atoms with E-state index < -0.39 is 15.7 Å². The largest absolute Gasteiger partial charge is 0.370 e. The van der Waals surface area contributed by atoms with Gasteiger partial charge < -0.3 is 16.4 Å². The number of sulfone groups is 1. The summed E-state index contributed by atoms with van der Waals surface area (Å²) in [6, 6.07) is 21.8. The first-order valence-corrected chi connectivity index (χ1v) is 11.0. The Balaban J connectivity index is 2.32. The first-order valence-electron chi connectivity index (χ1n) is 9.07. The van der Waals surface area contributed by atoms with Gasteiger partial charge in [-0.15, -0.1) is 0 Å². The van der Waals surface area contributed by atoms with Crippen molar-refractivity contribution in [3.8, 4) is 0 Å². The molecule has 7 nitrogen and oxygen atoms in total. The van der Waals surface area contributed by atoms with E-state index in [1.807, 2.05) is 65.6 Å². The summed E-state index contributed by atoms with van der Waals surface area (Å²) in [6.07, 6.45) is 1.10. The van der Waals surface area contributed by atoms with Crippen molar-refractivity contribution < 1.29 is 13.2 Å². The SMILES string of the molecule is Cc1cc(N(c2ccccc2)c2ccccc2)c(S(C)(=O)=O)cc1C(=O)N=C(N)N. The quantitative estimate of drug-likeness (QED) is 0.481. The van der Waals surface area contributed by atoms with Gasteiger partial charge in [0.05, 0.1) is 10.6 Å².